The Morgan fingerprint density at radius 1 is 1.10 bits per heavy atom. The van der Waals surface area contributed by atoms with Gasteiger partial charge in [0.2, 0.25) is 5.88 Å². The number of halogens is 2. The monoisotopic (exact) mass is 617 g/mol. The largest absolute Gasteiger partial charge is 0.472 e. The second kappa shape index (κ2) is 14.1. The van der Waals surface area contributed by atoms with Gasteiger partial charge in [0.25, 0.3) is 0 Å². The number of anilines is 1. The van der Waals surface area contributed by atoms with Crippen LogP contribution in [-0.4, -0.2) is 60.5 Å². The lowest BCUT2D eigenvalue weighted by Gasteiger charge is -2.23. The lowest BCUT2D eigenvalue weighted by Crippen LogP contribution is -2.27. The van der Waals surface area contributed by atoms with Crippen molar-refractivity contribution < 1.29 is 27.4 Å². The number of aliphatic hydroxyl groups excluding tert-OH is 1. The molecule has 3 aromatic rings. The first-order valence-corrected chi connectivity index (χ1v) is 15.4. The Morgan fingerprint density at radius 2 is 1.77 bits per heavy atom. The number of aromatic nitrogens is 1. The molecule has 0 bridgehead atoms. The van der Waals surface area contributed by atoms with E-state index in [1.165, 1.54) is 29.8 Å². The summed E-state index contributed by atoms with van der Waals surface area (Å²) in [5.74, 6) is 1.10. The fourth-order valence-corrected chi connectivity index (χ4v) is 6.31. The van der Waals surface area contributed by atoms with E-state index < -0.39 is 32.5 Å². The summed E-state index contributed by atoms with van der Waals surface area (Å²) in [6.45, 7) is 4.40. The number of alkyl halides is 2. The van der Waals surface area contributed by atoms with Crippen molar-refractivity contribution in [3.8, 4) is 11.6 Å². The summed E-state index contributed by atoms with van der Waals surface area (Å²) < 4.78 is 38.1. The van der Waals surface area contributed by atoms with E-state index in [9.17, 15) is 23.6 Å². The predicted molar refractivity (Wildman–Crippen MR) is 153 cm³/mol. The Labute approximate surface area is 241 Å². The van der Waals surface area contributed by atoms with Crippen LogP contribution < -0.4 is 13.8 Å². The highest BCUT2D eigenvalue weighted by atomic mass is 35.5. The highest BCUT2D eigenvalue weighted by molar-refractivity contribution is 7.87. The molecule has 0 amide bonds. The summed E-state index contributed by atoms with van der Waals surface area (Å²) in [6.07, 6.45) is 0.0926. The number of hydrogen-bond acceptors (Lipinski definition) is 10. The van der Waals surface area contributed by atoms with Crippen LogP contribution >= 0.6 is 34.5 Å². The maximum Gasteiger partial charge on any atom is 0.328 e. The van der Waals surface area contributed by atoms with Crippen molar-refractivity contribution in [3.05, 3.63) is 75.3 Å². The topological polar surface area (TPSA) is 132 Å². The summed E-state index contributed by atoms with van der Waals surface area (Å²) in [5.41, 5.74) is 1.32. The third-order valence-corrected chi connectivity index (χ3v) is 8.62. The van der Waals surface area contributed by atoms with Gasteiger partial charge in [-0.15, -0.1) is 23.2 Å². The Bertz CT molecular complexity index is 1310. The smallest absolute Gasteiger partial charge is 0.328 e. The lowest BCUT2D eigenvalue weighted by molar-refractivity contribution is -0.380. The third kappa shape index (κ3) is 8.42. The zero-order valence-electron chi connectivity index (χ0n) is 21.3. The van der Waals surface area contributed by atoms with Crippen LogP contribution in [0.3, 0.4) is 0 Å². The van der Waals surface area contributed by atoms with Crippen LogP contribution in [0.4, 0.5) is 10.7 Å². The molecule has 0 aliphatic rings. The standard InChI is InChI=1S/C25H29Cl2N3O7S2/c1-17(31)18(2)36-24-8-3-19(16-28-24)15-23(22-9-14-38-25(22)30(32)33)39(34,35)37-21-6-4-20(5-7-21)29(12-10-26)13-11-27/h3-9,14,16-18,23,31H,10-13,15H2,1-2H3/t17-,18-,23?/m0/s1. The predicted octanol–water partition coefficient (Wildman–Crippen LogP) is 5.18. The molecule has 0 saturated heterocycles. The van der Waals surface area contributed by atoms with Crippen LogP contribution in [0.15, 0.2) is 54.0 Å². The molecule has 10 nitrogen and oxygen atoms in total. The van der Waals surface area contributed by atoms with Gasteiger partial charge < -0.3 is 18.9 Å². The molecule has 0 fully saturated rings. The van der Waals surface area contributed by atoms with E-state index in [2.05, 4.69) is 4.98 Å². The number of hydrogen-bond donors (Lipinski definition) is 1. The van der Waals surface area contributed by atoms with Gasteiger partial charge in [-0.25, -0.2) is 4.98 Å². The minimum atomic E-state index is -4.39. The van der Waals surface area contributed by atoms with Crippen LogP contribution in [0, 0.1) is 10.1 Å². The molecule has 2 aromatic heterocycles. The number of ether oxygens (including phenoxy) is 1. The highest BCUT2D eigenvalue weighted by Crippen LogP contribution is 2.38. The molecule has 3 rings (SSSR count). The van der Waals surface area contributed by atoms with Gasteiger partial charge in [-0.3, -0.25) is 10.1 Å². The van der Waals surface area contributed by atoms with Crippen LogP contribution in [0.25, 0.3) is 0 Å². The van der Waals surface area contributed by atoms with Gasteiger partial charge in [0, 0.05) is 42.8 Å². The average Bonchev–Trinajstić information content (AvgIpc) is 3.38. The van der Waals surface area contributed by atoms with Crippen LogP contribution in [0.1, 0.15) is 30.2 Å². The number of nitro groups is 1. The van der Waals surface area contributed by atoms with E-state index in [-0.39, 0.29) is 28.6 Å². The van der Waals surface area contributed by atoms with E-state index in [1.54, 1.807) is 38.1 Å². The van der Waals surface area contributed by atoms with Crippen LogP contribution in [0.5, 0.6) is 11.6 Å². The van der Waals surface area contributed by atoms with Crippen molar-refractivity contribution in [1.29, 1.82) is 0 Å². The molecule has 0 aliphatic carbocycles. The van der Waals surface area contributed by atoms with E-state index in [0.717, 1.165) is 17.0 Å². The van der Waals surface area contributed by atoms with Gasteiger partial charge in [0.1, 0.15) is 17.1 Å². The second-order valence-electron chi connectivity index (χ2n) is 8.63. The number of nitrogens with zero attached hydrogens (tertiary/aromatic N) is 3. The molecule has 2 heterocycles. The first-order chi connectivity index (χ1) is 18.6. The molecule has 1 aromatic carbocycles. The van der Waals surface area contributed by atoms with Crippen molar-refractivity contribution in [2.24, 2.45) is 0 Å². The summed E-state index contributed by atoms with van der Waals surface area (Å²) in [6, 6.07) is 11.0. The summed E-state index contributed by atoms with van der Waals surface area (Å²) in [4.78, 5) is 17.2. The molecular formula is C25H29Cl2N3O7S2. The SMILES string of the molecule is C[C@H](O)[C@H](C)Oc1ccc(CC(c2ccsc2[N+](=O)[O-])S(=O)(=O)Oc2ccc(N(CCCl)CCCl)cc2)cn1. The molecule has 0 spiro atoms. The number of pyridine rings is 1. The van der Waals surface area contributed by atoms with Gasteiger partial charge in [-0.2, -0.15) is 8.42 Å². The zero-order chi connectivity index (χ0) is 28.6. The molecule has 39 heavy (non-hydrogen) atoms. The Kier molecular flexibility index (Phi) is 11.2. The zero-order valence-corrected chi connectivity index (χ0v) is 24.4. The number of aliphatic hydroxyl groups is 1. The van der Waals surface area contributed by atoms with E-state index >= 15 is 0 Å². The van der Waals surface area contributed by atoms with Gasteiger partial charge in [0.05, 0.1) is 16.6 Å². The Hall–Kier alpha value is -2.64. The van der Waals surface area contributed by atoms with Crippen molar-refractivity contribution in [3.63, 3.8) is 0 Å². The summed E-state index contributed by atoms with van der Waals surface area (Å²) >= 11 is 12.6. The summed E-state index contributed by atoms with van der Waals surface area (Å²) in [7, 11) is -4.39. The minimum Gasteiger partial charge on any atom is -0.472 e. The van der Waals surface area contributed by atoms with E-state index in [4.69, 9.17) is 32.1 Å². The molecule has 0 aliphatic heterocycles. The summed E-state index contributed by atoms with van der Waals surface area (Å²) in [5, 5.41) is 21.1. The number of thiophene rings is 1. The highest BCUT2D eigenvalue weighted by Gasteiger charge is 2.36. The second-order valence-corrected chi connectivity index (χ2v) is 12.0. The molecule has 1 unspecified atom stereocenters. The molecule has 3 atom stereocenters. The number of rotatable bonds is 15. The van der Waals surface area contributed by atoms with Gasteiger partial charge in [0.15, 0.2) is 0 Å². The first kappa shape index (κ1) is 30.9. The average molecular weight is 619 g/mol. The third-order valence-electron chi connectivity index (χ3n) is 5.86. The maximum atomic E-state index is 13.5. The fourth-order valence-electron chi connectivity index (χ4n) is 3.66. The van der Waals surface area contributed by atoms with Gasteiger partial charge in [-0.05, 0) is 61.5 Å². The van der Waals surface area contributed by atoms with Crippen molar-refractivity contribution in [2.75, 3.05) is 29.7 Å². The Morgan fingerprint density at radius 3 is 2.31 bits per heavy atom. The van der Waals surface area contributed by atoms with Gasteiger partial charge >= 0.3 is 15.1 Å². The molecule has 14 heteroatoms. The first-order valence-electron chi connectivity index (χ1n) is 12.0. The van der Waals surface area contributed by atoms with Crippen LogP contribution in [0.2, 0.25) is 0 Å². The normalized spacial score (nSPS) is 13.9. The quantitative estimate of drug-likeness (QED) is 0.106. The van der Waals surface area contributed by atoms with E-state index in [0.29, 0.717) is 30.4 Å². The maximum absolute atomic E-state index is 13.5. The fraction of sp³-hybridized carbons (Fsp3) is 0.400. The molecule has 1 N–H and O–H groups in total. The van der Waals surface area contributed by atoms with E-state index in [1.807, 2.05) is 4.90 Å². The van der Waals surface area contributed by atoms with Gasteiger partial charge in [-0.1, -0.05) is 17.4 Å². The van der Waals surface area contributed by atoms with Crippen molar-refractivity contribution in [2.45, 2.75) is 37.7 Å². The number of benzene rings is 1. The Balaban J connectivity index is 1.88. The molecule has 0 saturated carbocycles. The van der Waals surface area contributed by atoms with Crippen LogP contribution in [-0.2, 0) is 16.5 Å². The minimum absolute atomic E-state index is 0.0278. The molecule has 212 valence electrons. The molecule has 0 radical (unpaired) electrons. The van der Waals surface area contributed by atoms with Crippen molar-refractivity contribution in [1.82, 2.24) is 4.98 Å². The van der Waals surface area contributed by atoms with Crippen molar-refractivity contribution >= 4 is 55.3 Å². The lowest BCUT2D eigenvalue weighted by atomic mass is 10.1. The molecular weight excluding hydrogens is 589 g/mol.